The Balaban J connectivity index is 1.61. The highest BCUT2D eigenvalue weighted by molar-refractivity contribution is 9.10. The van der Waals surface area contributed by atoms with Crippen molar-refractivity contribution < 1.29 is 4.79 Å². The minimum Gasteiger partial charge on any atom is -0.347 e. The van der Waals surface area contributed by atoms with E-state index in [1.54, 1.807) is 12.4 Å². The first-order valence-electron chi connectivity index (χ1n) is 7.23. The molecule has 3 rings (SSSR count). The number of amides is 1. The van der Waals surface area contributed by atoms with Gasteiger partial charge in [0.05, 0.1) is 18.1 Å². The van der Waals surface area contributed by atoms with E-state index in [9.17, 15) is 4.79 Å². The number of carbonyl (C=O) groups is 1. The van der Waals surface area contributed by atoms with Gasteiger partial charge in [-0.1, -0.05) is 18.2 Å². The number of nitrogens with one attached hydrogen (secondary N) is 2. The highest BCUT2D eigenvalue weighted by atomic mass is 79.9. The molecule has 24 heavy (non-hydrogen) atoms. The fourth-order valence-electron chi connectivity index (χ4n) is 1.99. The highest BCUT2D eigenvalue weighted by Crippen LogP contribution is 2.23. The standard InChI is InChI=1S/C17H14BrN5O/c18-13-5-1-2-6-14(13)23-16-11-20-15(10-21-16)17(24)22-9-12-4-3-7-19-8-12/h1-8,10-11H,9H2,(H,21,23)(H,22,24). The van der Waals surface area contributed by atoms with Gasteiger partial charge >= 0.3 is 0 Å². The molecule has 1 amide bonds. The predicted molar refractivity (Wildman–Crippen MR) is 94.9 cm³/mol. The maximum absolute atomic E-state index is 12.1. The molecule has 6 nitrogen and oxygen atoms in total. The molecule has 0 aliphatic rings. The molecule has 0 saturated heterocycles. The third-order valence-corrected chi connectivity index (χ3v) is 3.89. The van der Waals surface area contributed by atoms with Crippen LogP contribution >= 0.6 is 15.9 Å². The number of para-hydroxylation sites is 1. The minimum absolute atomic E-state index is 0.261. The second-order valence-electron chi connectivity index (χ2n) is 4.94. The largest absolute Gasteiger partial charge is 0.347 e. The summed E-state index contributed by atoms with van der Waals surface area (Å²) in [6, 6.07) is 11.4. The van der Waals surface area contributed by atoms with E-state index in [0.717, 1.165) is 15.7 Å². The Hall–Kier alpha value is -2.80. The third kappa shape index (κ3) is 4.14. The molecule has 120 valence electrons. The number of pyridine rings is 1. The number of carbonyl (C=O) groups excluding carboxylic acids is 1. The third-order valence-electron chi connectivity index (χ3n) is 3.20. The van der Waals surface area contributed by atoms with Crippen molar-refractivity contribution in [1.82, 2.24) is 20.3 Å². The Morgan fingerprint density at radius 2 is 1.92 bits per heavy atom. The van der Waals surface area contributed by atoms with Gasteiger partial charge in [-0.3, -0.25) is 9.78 Å². The van der Waals surface area contributed by atoms with Crippen LogP contribution in [0.4, 0.5) is 11.5 Å². The van der Waals surface area contributed by atoms with Crippen LogP contribution in [0, 0.1) is 0 Å². The highest BCUT2D eigenvalue weighted by Gasteiger charge is 2.08. The van der Waals surface area contributed by atoms with Crippen LogP contribution in [-0.2, 0) is 6.54 Å². The summed E-state index contributed by atoms with van der Waals surface area (Å²) in [5.41, 5.74) is 2.06. The van der Waals surface area contributed by atoms with Crippen molar-refractivity contribution in [2.24, 2.45) is 0 Å². The number of hydrogen-bond donors (Lipinski definition) is 2. The van der Waals surface area contributed by atoms with E-state index >= 15 is 0 Å². The van der Waals surface area contributed by atoms with Crippen LogP contribution in [0.5, 0.6) is 0 Å². The van der Waals surface area contributed by atoms with Crippen LogP contribution in [0.25, 0.3) is 0 Å². The summed E-state index contributed by atoms with van der Waals surface area (Å²) in [5.74, 6) is 0.282. The van der Waals surface area contributed by atoms with Gasteiger partial charge in [0, 0.05) is 23.4 Å². The quantitative estimate of drug-likeness (QED) is 0.706. The van der Waals surface area contributed by atoms with Crippen molar-refractivity contribution in [2.75, 3.05) is 5.32 Å². The molecule has 0 aliphatic carbocycles. The molecule has 1 aromatic carbocycles. The number of benzene rings is 1. The number of rotatable bonds is 5. The second-order valence-corrected chi connectivity index (χ2v) is 5.79. The summed E-state index contributed by atoms with van der Waals surface area (Å²) >= 11 is 3.45. The van der Waals surface area contributed by atoms with Gasteiger partial charge in [0.1, 0.15) is 11.5 Å². The molecule has 0 spiro atoms. The smallest absolute Gasteiger partial charge is 0.271 e. The summed E-state index contributed by atoms with van der Waals surface area (Å²) in [7, 11) is 0. The van der Waals surface area contributed by atoms with E-state index < -0.39 is 0 Å². The van der Waals surface area contributed by atoms with Gasteiger partial charge in [0.2, 0.25) is 0 Å². The van der Waals surface area contributed by atoms with Crippen LogP contribution in [0.1, 0.15) is 16.1 Å². The molecule has 2 aromatic heterocycles. The lowest BCUT2D eigenvalue weighted by Crippen LogP contribution is -2.24. The normalized spacial score (nSPS) is 10.2. The fraction of sp³-hybridized carbons (Fsp3) is 0.0588. The average molecular weight is 384 g/mol. The second kappa shape index (κ2) is 7.65. The molecule has 2 N–H and O–H groups in total. The predicted octanol–water partition coefficient (Wildman–Crippen LogP) is 3.31. The Bertz CT molecular complexity index is 824. The number of anilines is 2. The monoisotopic (exact) mass is 383 g/mol. The van der Waals surface area contributed by atoms with Crippen LogP contribution in [0.15, 0.2) is 65.7 Å². The van der Waals surface area contributed by atoms with Crippen LogP contribution < -0.4 is 10.6 Å². The Labute approximate surface area is 147 Å². The number of nitrogens with zero attached hydrogens (tertiary/aromatic N) is 3. The lowest BCUT2D eigenvalue weighted by molar-refractivity contribution is 0.0945. The van der Waals surface area contributed by atoms with Gasteiger partial charge in [0.15, 0.2) is 0 Å². The van der Waals surface area contributed by atoms with Gasteiger partial charge in [-0.15, -0.1) is 0 Å². The van der Waals surface area contributed by atoms with Gasteiger partial charge in [-0.2, -0.15) is 0 Å². The van der Waals surface area contributed by atoms with E-state index in [4.69, 9.17) is 0 Å². The minimum atomic E-state index is -0.279. The van der Waals surface area contributed by atoms with Crippen molar-refractivity contribution in [3.05, 3.63) is 76.9 Å². The molecule has 3 aromatic rings. The molecule has 0 radical (unpaired) electrons. The zero-order valence-corrected chi connectivity index (χ0v) is 14.2. The first-order valence-corrected chi connectivity index (χ1v) is 8.02. The Kier molecular flexibility index (Phi) is 5.12. The molecular formula is C17H14BrN5O. The van der Waals surface area contributed by atoms with Crippen LogP contribution in [0.2, 0.25) is 0 Å². The maximum atomic E-state index is 12.1. The van der Waals surface area contributed by atoms with Crippen molar-refractivity contribution in [2.45, 2.75) is 6.54 Å². The van der Waals surface area contributed by atoms with E-state index in [1.165, 1.54) is 12.4 Å². The van der Waals surface area contributed by atoms with Crippen molar-refractivity contribution >= 4 is 33.3 Å². The molecule has 0 bridgehead atoms. The van der Waals surface area contributed by atoms with E-state index in [1.807, 2.05) is 36.4 Å². The SMILES string of the molecule is O=C(NCc1cccnc1)c1cnc(Nc2ccccc2Br)cn1. The van der Waals surface area contributed by atoms with Gasteiger partial charge in [-0.25, -0.2) is 9.97 Å². The van der Waals surface area contributed by atoms with Crippen molar-refractivity contribution in [3.8, 4) is 0 Å². The molecule has 7 heteroatoms. The zero-order chi connectivity index (χ0) is 16.8. The van der Waals surface area contributed by atoms with Crippen LogP contribution in [-0.4, -0.2) is 20.9 Å². The number of hydrogen-bond acceptors (Lipinski definition) is 5. The van der Waals surface area contributed by atoms with E-state index in [2.05, 4.69) is 41.5 Å². The van der Waals surface area contributed by atoms with Crippen molar-refractivity contribution in [1.29, 1.82) is 0 Å². The molecule has 0 unspecified atom stereocenters. The number of halogens is 1. The Morgan fingerprint density at radius 1 is 1.04 bits per heavy atom. The lowest BCUT2D eigenvalue weighted by Gasteiger charge is -2.08. The van der Waals surface area contributed by atoms with Gasteiger partial charge in [0.25, 0.3) is 5.91 Å². The summed E-state index contributed by atoms with van der Waals surface area (Å²) in [5, 5.41) is 5.92. The average Bonchev–Trinajstić information content (AvgIpc) is 2.63. The summed E-state index contributed by atoms with van der Waals surface area (Å²) < 4.78 is 0.921. The van der Waals surface area contributed by atoms with Crippen LogP contribution in [0.3, 0.4) is 0 Å². The topological polar surface area (TPSA) is 79.8 Å². The zero-order valence-electron chi connectivity index (χ0n) is 12.6. The van der Waals surface area contributed by atoms with Gasteiger partial charge < -0.3 is 10.6 Å². The maximum Gasteiger partial charge on any atom is 0.271 e. The molecular weight excluding hydrogens is 370 g/mol. The van der Waals surface area contributed by atoms with Crippen molar-refractivity contribution in [3.63, 3.8) is 0 Å². The first kappa shape index (κ1) is 16.1. The first-order chi connectivity index (χ1) is 11.7. The number of aromatic nitrogens is 3. The lowest BCUT2D eigenvalue weighted by atomic mass is 10.3. The molecule has 0 aliphatic heterocycles. The molecule has 2 heterocycles. The van der Waals surface area contributed by atoms with E-state index in [0.29, 0.717) is 12.4 Å². The van der Waals surface area contributed by atoms with E-state index in [-0.39, 0.29) is 11.6 Å². The summed E-state index contributed by atoms with van der Waals surface area (Å²) in [6.07, 6.45) is 6.36. The summed E-state index contributed by atoms with van der Waals surface area (Å²) in [6.45, 7) is 0.394. The Morgan fingerprint density at radius 3 is 2.62 bits per heavy atom. The summed E-state index contributed by atoms with van der Waals surface area (Å²) in [4.78, 5) is 24.5. The fourth-order valence-corrected chi connectivity index (χ4v) is 2.37. The molecule has 0 atom stereocenters. The van der Waals surface area contributed by atoms with Gasteiger partial charge in [-0.05, 0) is 39.7 Å². The molecule has 0 fully saturated rings. The molecule has 0 saturated carbocycles.